The van der Waals surface area contributed by atoms with E-state index in [0.717, 1.165) is 26.1 Å². The first-order valence-corrected chi connectivity index (χ1v) is 6.55. The van der Waals surface area contributed by atoms with Gasteiger partial charge in [-0.2, -0.15) is 0 Å². The maximum atomic E-state index is 5.86. The predicted octanol–water partition coefficient (Wildman–Crippen LogP) is 2.84. The van der Waals surface area contributed by atoms with Crippen LogP contribution in [0.2, 0.25) is 0 Å². The first-order chi connectivity index (χ1) is 7.70. The average Bonchev–Trinajstić information content (AvgIpc) is 2.27. The monoisotopic (exact) mass is 230 g/mol. The van der Waals surface area contributed by atoms with Crippen LogP contribution in [0.1, 0.15) is 40.5 Å². The van der Waals surface area contributed by atoms with Gasteiger partial charge in [0.25, 0.3) is 0 Å². The van der Waals surface area contributed by atoms with E-state index in [2.05, 4.69) is 20.8 Å². The molecule has 1 heterocycles. The van der Waals surface area contributed by atoms with Crippen molar-refractivity contribution < 1.29 is 14.2 Å². The fourth-order valence-electron chi connectivity index (χ4n) is 2.44. The van der Waals surface area contributed by atoms with Gasteiger partial charge in [0.1, 0.15) is 0 Å². The van der Waals surface area contributed by atoms with Crippen molar-refractivity contribution in [2.75, 3.05) is 19.8 Å². The molecule has 0 aliphatic carbocycles. The first-order valence-electron chi connectivity index (χ1n) is 6.55. The Morgan fingerprint density at radius 1 is 1.25 bits per heavy atom. The summed E-state index contributed by atoms with van der Waals surface area (Å²) in [6, 6.07) is 0. The Kier molecular flexibility index (Phi) is 6.32. The van der Waals surface area contributed by atoms with Crippen molar-refractivity contribution in [2.24, 2.45) is 11.8 Å². The smallest absolute Gasteiger partial charge is 0.162 e. The lowest BCUT2D eigenvalue weighted by Crippen LogP contribution is -2.43. The third-order valence-corrected chi connectivity index (χ3v) is 3.08. The Morgan fingerprint density at radius 3 is 2.56 bits per heavy atom. The molecule has 0 N–H and O–H groups in total. The maximum Gasteiger partial charge on any atom is 0.162 e. The highest BCUT2D eigenvalue weighted by Gasteiger charge is 2.35. The maximum absolute atomic E-state index is 5.86. The molecule has 0 aromatic carbocycles. The second-order valence-electron chi connectivity index (χ2n) is 4.66. The SMILES string of the molecule is CCO[C@@H]1OCCC[C@@H]1[C@H](OCC)C(C)C. The van der Waals surface area contributed by atoms with Gasteiger partial charge in [-0.15, -0.1) is 0 Å². The molecule has 0 aromatic rings. The molecule has 0 amide bonds. The summed E-state index contributed by atoms with van der Waals surface area (Å²) < 4.78 is 17.2. The normalized spacial score (nSPS) is 28.3. The zero-order chi connectivity index (χ0) is 12.0. The second-order valence-corrected chi connectivity index (χ2v) is 4.66. The zero-order valence-electron chi connectivity index (χ0n) is 11.1. The van der Waals surface area contributed by atoms with Gasteiger partial charge in [-0.05, 0) is 32.6 Å². The molecular weight excluding hydrogens is 204 g/mol. The van der Waals surface area contributed by atoms with Crippen molar-refractivity contribution in [2.45, 2.75) is 52.9 Å². The molecule has 1 fully saturated rings. The third kappa shape index (κ3) is 3.72. The summed E-state index contributed by atoms with van der Waals surface area (Å²) in [5, 5.41) is 0. The summed E-state index contributed by atoms with van der Waals surface area (Å²) in [7, 11) is 0. The van der Waals surface area contributed by atoms with Gasteiger partial charge in [0.05, 0.1) is 6.10 Å². The Balaban J connectivity index is 2.62. The minimum Gasteiger partial charge on any atom is -0.378 e. The largest absolute Gasteiger partial charge is 0.378 e. The van der Waals surface area contributed by atoms with Crippen LogP contribution >= 0.6 is 0 Å². The average molecular weight is 230 g/mol. The lowest BCUT2D eigenvalue weighted by atomic mass is 9.87. The molecule has 1 saturated heterocycles. The number of hydrogen-bond acceptors (Lipinski definition) is 3. The van der Waals surface area contributed by atoms with Crippen LogP contribution in [0.4, 0.5) is 0 Å². The van der Waals surface area contributed by atoms with Crippen LogP contribution in [0.3, 0.4) is 0 Å². The van der Waals surface area contributed by atoms with Gasteiger partial charge in [0.2, 0.25) is 0 Å². The summed E-state index contributed by atoms with van der Waals surface area (Å²) in [4.78, 5) is 0. The van der Waals surface area contributed by atoms with Crippen LogP contribution in [-0.4, -0.2) is 32.2 Å². The van der Waals surface area contributed by atoms with Crippen LogP contribution < -0.4 is 0 Å². The molecule has 1 aliphatic heterocycles. The molecule has 0 aromatic heterocycles. The Morgan fingerprint density at radius 2 is 2.00 bits per heavy atom. The van der Waals surface area contributed by atoms with E-state index in [4.69, 9.17) is 14.2 Å². The van der Waals surface area contributed by atoms with Crippen LogP contribution in [0.5, 0.6) is 0 Å². The van der Waals surface area contributed by atoms with Crippen molar-refractivity contribution in [1.82, 2.24) is 0 Å². The second kappa shape index (κ2) is 7.25. The Labute approximate surface area is 99.5 Å². The minimum atomic E-state index is -0.0716. The summed E-state index contributed by atoms with van der Waals surface area (Å²) in [5.41, 5.74) is 0. The summed E-state index contributed by atoms with van der Waals surface area (Å²) in [6.45, 7) is 10.8. The van der Waals surface area contributed by atoms with Crippen LogP contribution in [0, 0.1) is 11.8 Å². The third-order valence-electron chi connectivity index (χ3n) is 3.08. The predicted molar refractivity (Wildman–Crippen MR) is 64.3 cm³/mol. The molecule has 3 atom stereocenters. The minimum absolute atomic E-state index is 0.0716. The van der Waals surface area contributed by atoms with E-state index in [-0.39, 0.29) is 12.4 Å². The van der Waals surface area contributed by atoms with Gasteiger partial charge in [-0.1, -0.05) is 13.8 Å². The summed E-state index contributed by atoms with van der Waals surface area (Å²) in [5.74, 6) is 0.892. The van der Waals surface area contributed by atoms with Crippen molar-refractivity contribution in [3.05, 3.63) is 0 Å². The van der Waals surface area contributed by atoms with Gasteiger partial charge in [0, 0.05) is 25.7 Å². The highest BCUT2D eigenvalue weighted by atomic mass is 16.7. The van der Waals surface area contributed by atoms with Gasteiger partial charge < -0.3 is 14.2 Å². The van der Waals surface area contributed by atoms with E-state index in [1.807, 2.05) is 6.92 Å². The van der Waals surface area contributed by atoms with Gasteiger partial charge in [0.15, 0.2) is 6.29 Å². The fraction of sp³-hybridized carbons (Fsp3) is 1.00. The molecule has 0 spiro atoms. The molecule has 0 unspecified atom stereocenters. The van der Waals surface area contributed by atoms with E-state index in [0.29, 0.717) is 18.4 Å². The van der Waals surface area contributed by atoms with Crippen molar-refractivity contribution >= 4 is 0 Å². The lowest BCUT2D eigenvalue weighted by molar-refractivity contribution is -0.219. The topological polar surface area (TPSA) is 27.7 Å². The van der Waals surface area contributed by atoms with Gasteiger partial charge in [-0.3, -0.25) is 0 Å². The fourth-order valence-corrected chi connectivity index (χ4v) is 2.44. The summed E-state index contributed by atoms with van der Waals surface area (Å²) >= 11 is 0. The molecule has 96 valence electrons. The molecule has 16 heavy (non-hydrogen) atoms. The Hall–Kier alpha value is -0.120. The van der Waals surface area contributed by atoms with E-state index in [1.54, 1.807) is 0 Å². The molecule has 0 radical (unpaired) electrons. The molecule has 1 aliphatic rings. The number of ether oxygens (including phenoxy) is 3. The molecule has 3 heteroatoms. The van der Waals surface area contributed by atoms with E-state index < -0.39 is 0 Å². The first kappa shape index (κ1) is 13.9. The molecule has 0 bridgehead atoms. The van der Waals surface area contributed by atoms with Gasteiger partial charge >= 0.3 is 0 Å². The van der Waals surface area contributed by atoms with E-state index in [9.17, 15) is 0 Å². The molecule has 0 saturated carbocycles. The van der Waals surface area contributed by atoms with Crippen LogP contribution in [0.25, 0.3) is 0 Å². The molecule has 3 nitrogen and oxygen atoms in total. The van der Waals surface area contributed by atoms with Gasteiger partial charge in [-0.25, -0.2) is 0 Å². The quantitative estimate of drug-likeness (QED) is 0.702. The highest BCUT2D eigenvalue weighted by Crippen LogP contribution is 2.30. The summed E-state index contributed by atoms with van der Waals surface area (Å²) in [6.07, 6.45) is 2.44. The van der Waals surface area contributed by atoms with Crippen molar-refractivity contribution in [3.63, 3.8) is 0 Å². The highest BCUT2D eigenvalue weighted by molar-refractivity contribution is 4.79. The van der Waals surface area contributed by atoms with Crippen molar-refractivity contribution in [3.8, 4) is 0 Å². The standard InChI is InChI=1S/C13H26O3/c1-5-14-12(10(3)4)11-8-7-9-16-13(11)15-6-2/h10-13H,5-9H2,1-4H3/t11-,12-,13-/m1/s1. The van der Waals surface area contributed by atoms with E-state index in [1.165, 1.54) is 0 Å². The van der Waals surface area contributed by atoms with Crippen LogP contribution in [0.15, 0.2) is 0 Å². The van der Waals surface area contributed by atoms with E-state index >= 15 is 0 Å². The molecule has 1 rings (SSSR count). The number of rotatable bonds is 6. The van der Waals surface area contributed by atoms with Crippen LogP contribution in [-0.2, 0) is 14.2 Å². The Bertz CT molecular complexity index is 180. The van der Waals surface area contributed by atoms with Crippen molar-refractivity contribution in [1.29, 1.82) is 0 Å². The number of hydrogen-bond donors (Lipinski definition) is 0. The zero-order valence-corrected chi connectivity index (χ0v) is 11.1. The lowest BCUT2D eigenvalue weighted by Gasteiger charge is -2.38. The molecular formula is C13H26O3.